The summed E-state index contributed by atoms with van der Waals surface area (Å²) in [6.45, 7) is 1.97. The molecule has 102 valence electrons. The first-order valence-corrected chi connectivity index (χ1v) is 5.70. The minimum Gasteiger partial charge on any atom is -0.497 e. The Morgan fingerprint density at radius 1 is 1.00 bits per heavy atom. The molecule has 0 saturated carbocycles. The average Bonchev–Trinajstić information content (AvgIpc) is 2.40. The van der Waals surface area contributed by atoms with Gasteiger partial charge in [0.15, 0.2) is 6.29 Å². The van der Waals surface area contributed by atoms with Crippen molar-refractivity contribution in [2.45, 2.75) is 19.3 Å². The van der Waals surface area contributed by atoms with Crippen molar-refractivity contribution in [3.63, 3.8) is 0 Å². The lowest BCUT2D eigenvalue weighted by Crippen LogP contribution is -2.33. The second kappa shape index (κ2) is 7.08. The first-order chi connectivity index (χ1) is 8.65. The molecular weight excluding hydrogens is 234 g/mol. The molecule has 0 aliphatic carbocycles. The van der Waals surface area contributed by atoms with Crippen molar-refractivity contribution in [1.29, 1.82) is 0 Å². The Morgan fingerprint density at radius 3 is 2.17 bits per heavy atom. The Bertz CT molecular complexity index is 366. The van der Waals surface area contributed by atoms with E-state index in [2.05, 4.69) is 5.32 Å². The average molecular weight is 255 g/mol. The maximum atomic E-state index is 5.31. The molecule has 1 atom stereocenters. The zero-order valence-electron chi connectivity index (χ0n) is 11.5. The van der Waals surface area contributed by atoms with Gasteiger partial charge in [0.05, 0.1) is 25.9 Å². The van der Waals surface area contributed by atoms with Gasteiger partial charge in [-0.1, -0.05) is 0 Å². The van der Waals surface area contributed by atoms with Crippen molar-refractivity contribution in [3.8, 4) is 11.5 Å². The maximum absolute atomic E-state index is 5.31. The third kappa shape index (κ3) is 3.51. The quantitative estimate of drug-likeness (QED) is 0.756. The van der Waals surface area contributed by atoms with Crippen molar-refractivity contribution >= 4 is 5.69 Å². The Balaban J connectivity index is 2.83. The fraction of sp³-hybridized carbons (Fsp3) is 0.538. The summed E-state index contributed by atoms with van der Waals surface area (Å²) in [5.41, 5.74) is 0.866. The molecule has 0 aromatic heterocycles. The van der Waals surface area contributed by atoms with E-state index in [1.807, 2.05) is 25.1 Å². The molecule has 18 heavy (non-hydrogen) atoms. The van der Waals surface area contributed by atoms with Crippen LogP contribution in [-0.2, 0) is 9.47 Å². The van der Waals surface area contributed by atoms with Gasteiger partial charge in [0.2, 0.25) is 0 Å². The molecule has 0 heterocycles. The van der Waals surface area contributed by atoms with Gasteiger partial charge in [-0.2, -0.15) is 0 Å². The van der Waals surface area contributed by atoms with E-state index in [9.17, 15) is 0 Å². The number of ether oxygens (including phenoxy) is 4. The van der Waals surface area contributed by atoms with Gasteiger partial charge in [0.25, 0.3) is 0 Å². The summed E-state index contributed by atoms with van der Waals surface area (Å²) in [5.74, 6) is 1.47. The van der Waals surface area contributed by atoms with Crippen LogP contribution in [0.1, 0.15) is 6.92 Å². The van der Waals surface area contributed by atoms with Crippen LogP contribution in [0.2, 0.25) is 0 Å². The van der Waals surface area contributed by atoms with Crippen molar-refractivity contribution in [2.24, 2.45) is 0 Å². The molecule has 0 bridgehead atoms. The molecule has 1 aromatic carbocycles. The number of hydrogen-bond donors (Lipinski definition) is 1. The standard InChI is InChI=1S/C13H21NO4/c1-9(13(17-4)18-5)14-11-7-6-10(15-2)8-12(11)16-3/h6-9,13-14H,1-5H3. The van der Waals surface area contributed by atoms with Gasteiger partial charge in [-0.25, -0.2) is 0 Å². The van der Waals surface area contributed by atoms with E-state index in [1.54, 1.807) is 28.4 Å². The van der Waals surface area contributed by atoms with Crippen molar-refractivity contribution in [2.75, 3.05) is 33.8 Å². The molecule has 1 N–H and O–H groups in total. The number of methoxy groups -OCH3 is 4. The number of nitrogens with one attached hydrogen (secondary N) is 1. The van der Waals surface area contributed by atoms with Crippen molar-refractivity contribution < 1.29 is 18.9 Å². The van der Waals surface area contributed by atoms with Crippen molar-refractivity contribution in [3.05, 3.63) is 18.2 Å². The summed E-state index contributed by atoms with van der Waals surface area (Å²) in [6.07, 6.45) is -0.322. The molecule has 0 spiro atoms. The van der Waals surface area contributed by atoms with Gasteiger partial charge in [0, 0.05) is 20.3 Å². The van der Waals surface area contributed by atoms with Gasteiger partial charge in [-0.15, -0.1) is 0 Å². The zero-order chi connectivity index (χ0) is 13.5. The number of rotatable bonds is 7. The molecular formula is C13H21NO4. The molecule has 5 heteroatoms. The Labute approximate surface area is 108 Å². The highest BCUT2D eigenvalue weighted by atomic mass is 16.7. The number of hydrogen-bond acceptors (Lipinski definition) is 5. The monoisotopic (exact) mass is 255 g/mol. The predicted molar refractivity (Wildman–Crippen MR) is 70.4 cm³/mol. The molecule has 0 aliphatic heterocycles. The van der Waals surface area contributed by atoms with Crippen LogP contribution >= 0.6 is 0 Å². The second-order valence-electron chi connectivity index (χ2n) is 3.84. The number of anilines is 1. The third-order valence-corrected chi connectivity index (χ3v) is 2.66. The minimum atomic E-state index is -0.322. The van der Waals surface area contributed by atoms with E-state index in [0.717, 1.165) is 11.4 Å². The molecule has 5 nitrogen and oxygen atoms in total. The highest BCUT2D eigenvalue weighted by molar-refractivity contribution is 5.59. The summed E-state index contributed by atoms with van der Waals surface area (Å²) in [6, 6.07) is 5.58. The third-order valence-electron chi connectivity index (χ3n) is 2.66. The minimum absolute atomic E-state index is 0.0118. The largest absolute Gasteiger partial charge is 0.497 e. The first kappa shape index (κ1) is 14.6. The molecule has 0 amide bonds. The Hall–Kier alpha value is -1.46. The van der Waals surface area contributed by atoms with Crippen LogP contribution in [-0.4, -0.2) is 40.8 Å². The molecule has 0 radical (unpaired) electrons. The van der Waals surface area contributed by atoms with Crippen LogP contribution in [0.25, 0.3) is 0 Å². The Morgan fingerprint density at radius 2 is 1.67 bits per heavy atom. The van der Waals surface area contributed by atoms with Gasteiger partial charge in [0.1, 0.15) is 11.5 Å². The highest BCUT2D eigenvalue weighted by Gasteiger charge is 2.17. The fourth-order valence-corrected chi connectivity index (χ4v) is 1.74. The first-order valence-electron chi connectivity index (χ1n) is 5.70. The lowest BCUT2D eigenvalue weighted by molar-refractivity contribution is -0.109. The second-order valence-corrected chi connectivity index (χ2v) is 3.84. The highest BCUT2D eigenvalue weighted by Crippen LogP contribution is 2.29. The van der Waals surface area contributed by atoms with Gasteiger partial charge in [-0.05, 0) is 19.1 Å². The summed E-state index contributed by atoms with van der Waals surface area (Å²) < 4.78 is 20.9. The van der Waals surface area contributed by atoms with Crippen LogP contribution in [0.3, 0.4) is 0 Å². The Kier molecular flexibility index (Phi) is 5.74. The fourth-order valence-electron chi connectivity index (χ4n) is 1.74. The van der Waals surface area contributed by atoms with E-state index < -0.39 is 0 Å². The summed E-state index contributed by atoms with van der Waals surface area (Å²) >= 11 is 0. The summed E-state index contributed by atoms with van der Waals surface area (Å²) in [4.78, 5) is 0. The van der Waals surface area contributed by atoms with E-state index in [-0.39, 0.29) is 12.3 Å². The van der Waals surface area contributed by atoms with Crippen LogP contribution in [0.15, 0.2) is 18.2 Å². The van der Waals surface area contributed by atoms with E-state index in [0.29, 0.717) is 5.75 Å². The van der Waals surface area contributed by atoms with Gasteiger partial charge in [-0.3, -0.25) is 0 Å². The molecule has 0 saturated heterocycles. The normalized spacial score (nSPS) is 12.3. The summed E-state index contributed by atoms with van der Waals surface area (Å²) in [5, 5.41) is 3.28. The lowest BCUT2D eigenvalue weighted by atomic mass is 10.2. The smallest absolute Gasteiger partial charge is 0.176 e. The maximum Gasteiger partial charge on any atom is 0.176 e. The van der Waals surface area contributed by atoms with E-state index in [1.165, 1.54) is 0 Å². The predicted octanol–water partition coefficient (Wildman–Crippen LogP) is 2.12. The summed E-state index contributed by atoms with van der Waals surface area (Å²) in [7, 11) is 6.46. The topological polar surface area (TPSA) is 49.0 Å². The number of benzene rings is 1. The molecule has 1 rings (SSSR count). The van der Waals surface area contributed by atoms with Crippen LogP contribution in [0, 0.1) is 0 Å². The van der Waals surface area contributed by atoms with Crippen LogP contribution in [0.4, 0.5) is 5.69 Å². The van der Waals surface area contributed by atoms with Gasteiger partial charge >= 0.3 is 0 Å². The van der Waals surface area contributed by atoms with Crippen molar-refractivity contribution in [1.82, 2.24) is 0 Å². The molecule has 0 fully saturated rings. The zero-order valence-corrected chi connectivity index (χ0v) is 11.5. The SMILES string of the molecule is COc1ccc(NC(C)C(OC)OC)c(OC)c1. The van der Waals surface area contributed by atoms with E-state index in [4.69, 9.17) is 18.9 Å². The van der Waals surface area contributed by atoms with Crippen LogP contribution < -0.4 is 14.8 Å². The lowest BCUT2D eigenvalue weighted by Gasteiger charge is -2.24. The molecule has 0 aliphatic rings. The van der Waals surface area contributed by atoms with E-state index >= 15 is 0 Å². The molecule has 1 aromatic rings. The van der Waals surface area contributed by atoms with Gasteiger partial charge < -0.3 is 24.3 Å². The molecule has 1 unspecified atom stereocenters. The van der Waals surface area contributed by atoms with Crippen LogP contribution in [0.5, 0.6) is 11.5 Å².